The SMILES string of the molecule is Cc1ccc(Cl)cc1NC(=O)C(=O)Nc1cc2c3c(c1)CCC(=O)N3CCC2. The van der Waals surface area contributed by atoms with Gasteiger partial charge in [0, 0.05) is 29.4 Å². The Hall–Kier alpha value is -2.86. The molecule has 0 aromatic heterocycles. The molecule has 2 aliphatic heterocycles. The lowest BCUT2D eigenvalue weighted by atomic mass is 9.91. The van der Waals surface area contributed by atoms with Crippen molar-refractivity contribution >= 4 is 46.4 Å². The van der Waals surface area contributed by atoms with Gasteiger partial charge < -0.3 is 15.5 Å². The van der Waals surface area contributed by atoms with E-state index in [1.54, 1.807) is 18.2 Å². The number of hydrogen-bond acceptors (Lipinski definition) is 3. The molecule has 0 bridgehead atoms. The van der Waals surface area contributed by atoms with Gasteiger partial charge in [-0.15, -0.1) is 0 Å². The monoisotopic (exact) mass is 397 g/mol. The number of nitrogens with one attached hydrogen (secondary N) is 2. The molecule has 0 saturated carbocycles. The van der Waals surface area contributed by atoms with Gasteiger partial charge in [0.2, 0.25) is 5.91 Å². The summed E-state index contributed by atoms with van der Waals surface area (Å²) in [5.74, 6) is -1.35. The highest BCUT2D eigenvalue weighted by Crippen LogP contribution is 2.37. The molecule has 0 saturated heterocycles. The predicted octanol–water partition coefficient (Wildman–Crippen LogP) is 3.45. The van der Waals surface area contributed by atoms with Crippen molar-refractivity contribution in [1.29, 1.82) is 0 Å². The second kappa shape index (κ2) is 7.28. The van der Waals surface area contributed by atoms with Gasteiger partial charge in [-0.25, -0.2) is 0 Å². The van der Waals surface area contributed by atoms with Crippen LogP contribution in [0.5, 0.6) is 0 Å². The van der Waals surface area contributed by atoms with E-state index in [4.69, 9.17) is 11.6 Å². The van der Waals surface area contributed by atoms with Gasteiger partial charge in [0.25, 0.3) is 0 Å². The van der Waals surface area contributed by atoms with E-state index in [1.165, 1.54) is 0 Å². The summed E-state index contributed by atoms with van der Waals surface area (Å²) < 4.78 is 0. The van der Waals surface area contributed by atoms with Gasteiger partial charge >= 0.3 is 11.8 Å². The third-order valence-electron chi connectivity index (χ3n) is 5.19. The number of benzene rings is 2. The van der Waals surface area contributed by atoms with Crippen molar-refractivity contribution < 1.29 is 14.4 Å². The van der Waals surface area contributed by atoms with Crippen LogP contribution >= 0.6 is 11.6 Å². The second-order valence-electron chi connectivity index (χ2n) is 7.16. The largest absolute Gasteiger partial charge is 0.318 e. The minimum atomic E-state index is -0.756. The highest BCUT2D eigenvalue weighted by Gasteiger charge is 2.30. The molecule has 2 heterocycles. The lowest BCUT2D eigenvalue weighted by molar-refractivity contribution is -0.133. The molecule has 3 amide bonds. The van der Waals surface area contributed by atoms with Gasteiger partial charge in [-0.3, -0.25) is 14.4 Å². The first-order valence-electron chi connectivity index (χ1n) is 9.27. The Labute approximate surface area is 167 Å². The number of nitrogens with zero attached hydrogens (tertiary/aromatic N) is 1. The van der Waals surface area contributed by atoms with Crippen LogP contribution in [0.1, 0.15) is 29.5 Å². The maximum atomic E-state index is 12.4. The van der Waals surface area contributed by atoms with E-state index in [1.807, 2.05) is 24.0 Å². The number of anilines is 3. The summed E-state index contributed by atoms with van der Waals surface area (Å²) in [6.45, 7) is 2.57. The summed E-state index contributed by atoms with van der Waals surface area (Å²) in [4.78, 5) is 38.7. The number of aryl methyl sites for hydroxylation is 3. The molecule has 2 N–H and O–H groups in total. The molecular formula is C21H20ClN3O3. The Bertz CT molecular complexity index is 985. The van der Waals surface area contributed by atoms with Gasteiger partial charge in [0.15, 0.2) is 0 Å². The Kier molecular flexibility index (Phi) is 4.81. The van der Waals surface area contributed by atoms with E-state index in [0.29, 0.717) is 29.2 Å². The maximum absolute atomic E-state index is 12.4. The first-order valence-corrected chi connectivity index (χ1v) is 9.65. The van der Waals surface area contributed by atoms with Gasteiger partial charge in [0.05, 0.1) is 5.69 Å². The molecule has 2 aliphatic rings. The van der Waals surface area contributed by atoms with Crippen LogP contribution in [0.3, 0.4) is 0 Å². The zero-order chi connectivity index (χ0) is 19.8. The molecule has 144 valence electrons. The fourth-order valence-electron chi connectivity index (χ4n) is 3.82. The quantitative estimate of drug-likeness (QED) is 0.762. The molecule has 4 rings (SSSR count). The van der Waals surface area contributed by atoms with Crippen molar-refractivity contribution in [3.63, 3.8) is 0 Å². The molecular weight excluding hydrogens is 378 g/mol. The van der Waals surface area contributed by atoms with E-state index >= 15 is 0 Å². The van der Waals surface area contributed by atoms with Crippen molar-refractivity contribution in [1.82, 2.24) is 0 Å². The van der Waals surface area contributed by atoms with Crippen molar-refractivity contribution in [3.8, 4) is 0 Å². The Morgan fingerprint density at radius 2 is 1.71 bits per heavy atom. The first kappa shape index (κ1) is 18.5. The third kappa shape index (κ3) is 3.47. The number of hydrogen-bond donors (Lipinski definition) is 2. The smallest absolute Gasteiger partial charge is 0.314 e. The van der Waals surface area contributed by atoms with Crippen LogP contribution < -0.4 is 15.5 Å². The van der Waals surface area contributed by atoms with Crippen LogP contribution in [-0.2, 0) is 27.2 Å². The van der Waals surface area contributed by atoms with Crippen molar-refractivity contribution in [2.24, 2.45) is 0 Å². The number of carbonyl (C=O) groups is 3. The summed E-state index contributed by atoms with van der Waals surface area (Å²) >= 11 is 5.96. The van der Waals surface area contributed by atoms with Crippen LogP contribution in [0, 0.1) is 6.92 Å². The topological polar surface area (TPSA) is 78.5 Å². The van der Waals surface area contributed by atoms with E-state index in [2.05, 4.69) is 10.6 Å². The number of halogens is 1. The fourth-order valence-corrected chi connectivity index (χ4v) is 3.99. The Balaban J connectivity index is 1.53. The van der Waals surface area contributed by atoms with Crippen LogP contribution in [0.4, 0.5) is 17.1 Å². The van der Waals surface area contributed by atoms with Crippen LogP contribution in [0.25, 0.3) is 0 Å². The zero-order valence-electron chi connectivity index (χ0n) is 15.5. The van der Waals surface area contributed by atoms with Crippen molar-refractivity contribution in [3.05, 3.63) is 52.0 Å². The molecule has 28 heavy (non-hydrogen) atoms. The summed E-state index contributed by atoms with van der Waals surface area (Å²) in [5, 5.41) is 5.76. The molecule has 7 heteroatoms. The van der Waals surface area contributed by atoms with Gasteiger partial charge in [-0.1, -0.05) is 17.7 Å². The summed E-state index contributed by atoms with van der Waals surface area (Å²) in [6, 6.07) is 8.83. The summed E-state index contributed by atoms with van der Waals surface area (Å²) in [7, 11) is 0. The van der Waals surface area contributed by atoms with E-state index in [0.717, 1.165) is 41.8 Å². The minimum Gasteiger partial charge on any atom is -0.318 e. The minimum absolute atomic E-state index is 0.154. The summed E-state index contributed by atoms with van der Waals surface area (Å²) in [6.07, 6.45) is 2.86. The molecule has 6 nitrogen and oxygen atoms in total. The molecule has 0 aliphatic carbocycles. The molecule has 2 aromatic carbocycles. The Morgan fingerprint density at radius 3 is 2.50 bits per heavy atom. The molecule has 0 atom stereocenters. The van der Waals surface area contributed by atoms with E-state index in [9.17, 15) is 14.4 Å². The van der Waals surface area contributed by atoms with E-state index < -0.39 is 11.8 Å². The standard InChI is InChI=1S/C21H20ClN3O3/c1-12-4-6-15(22)11-17(12)24-21(28)20(27)23-16-9-13-3-2-8-25-18(26)7-5-14(10-16)19(13)25/h4,6,9-11H,2-3,5,7-8H2,1H3,(H,23,27)(H,24,28). The average molecular weight is 398 g/mol. The molecule has 0 fully saturated rings. The summed E-state index contributed by atoms with van der Waals surface area (Å²) in [5.41, 5.74) is 4.96. The second-order valence-corrected chi connectivity index (χ2v) is 7.60. The van der Waals surface area contributed by atoms with Crippen molar-refractivity contribution in [2.45, 2.75) is 32.6 Å². The lowest BCUT2D eigenvalue weighted by Gasteiger charge is -2.35. The zero-order valence-corrected chi connectivity index (χ0v) is 16.2. The van der Waals surface area contributed by atoms with Gasteiger partial charge in [-0.05, 0) is 67.1 Å². The molecule has 0 radical (unpaired) electrons. The number of rotatable bonds is 2. The fraction of sp³-hybridized carbons (Fsp3) is 0.286. The number of carbonyl (C=O) groups excluding carboxylic acids is 3. The maximum Gasteiger partial charge on any atom is 0.314 e. The van der Waals surface area contributed by atoms with Crippen molar-refractivity contribution in [2.75, 3.05) is 22.1 Å². The van der Waals surface area contributed by atoms with E-state index in [-0.39, 0.29) is 5.91 Å². The highest BCUT2D eigenvalue weighted by molar-refractivity contribution is 6.44. The van der Waals surface area contributed by atoms with Crippen LogP contribution in [-0.4, -0.2) is 24.3 Å². The normalized spacial score (nSPS) is 15.1. The van der Waals surface area contributed by atoms with Crippen LogP contribution in [0.2, 0.25) is 5.02 Å². The molecule has 0 spiro atoms. The third-order valence-corrected chi connectivity index (χ3v) is 5.42. The molecule has 0 unspecified atom stereocenters. The van der Waals surface area contributed by atoms with Gasteiger partial charge in [-0.2, -0.15) is 0 Å². The predicted molar refractivity (Wildman–Crippen MR) is 109 cm³/mol. The average Bonchev–Trinajstić information content (AvgIpc) is 2.67. The molecule has 2 aromatic rings. The highest BCUT2D eigenvalue weighted by atomic mass is 35.5. The first-order chi connectivity index (χ1) is 13.4. The van der Waals surface area contributed by atoms with Crippen LogP contribution in [0.15, 0.2) is 30.3 Å². The lowest BCUT2D eigenvalue weighted by Crippen LogP contribution is -2.39. The van der Waals surface area contributed by atoms with Gasteiger partial charge in [0.1, 0.15) is 0 Å². The Morgan fingerprint density at radius 1 is 1.00 bits per heavy atom. The number of amides is 3.